The molecule has 5 heteroatoms. The largest absolute Gasteiger partial charge is 0.584 e. The molecule has 0 unspecified atom stereocenters. The van der Waals surface area contributed by atoms with E-state index in [0.29, 0.717) is 17.9 Å². The Morgan fingerprint density at radius 1 is 0.833 bits per heavy atom. The Kier molecular flexibility index (Phi) is 5.90. The monoisotopic (exact) mass is 430 g/mol. The maximum Gasteiger partial charge on any atom is 0.584 e. The van der Waals surface area contributed by atoms with Gasteiger partial charge in [0.15, 0.2) is 0 Å². The Morgan fingerprint density at radius 3 is 1.53 bits per heavy atom. The van der Waals surface area contributed by atoms with Crippen molar-refractivity contribution in [1.29, 1.82) is 0 Å². The van der Waals surface area contributed by atoms with Crippen LogP contribution in [0.3, 0.4) is 0 Å². The van der Waals surface area contributed by atoms with E-state index >= 15 is 0 Å². The van der Waals surface area contributed by atoms with Gasteiger partial charge in [0.05, 0.1) is 0 Å². The molecule has 0 atom stereocenters. The first-order valence-electron chi connectivity index (χ1n) is 10.8. The van der Waals surface area contributed by atoms with Gasteiger partial charge in [-0.05, 0) is 48.6 Å². The van der Waals surface area contributed by atoms with Crippen LogP contribution in [0, 0.1) is 13.8 Å². The summed E-state index contributed by atoms with van der Waals surface area (Å²) in [5.74, 6) is 0.975. The smallest absolute Gasteiger partial charge is 0.395 e. The highest BCUT2D eigenvalue weighted by molar-refractivity contribution is 7.48. The molecule has 0 aliphatic carbocycles. The molecule has 0 aromatic heterocycles. The second-order valence-electron chi connectivity index (χ2n) is 9.90. The van der Waals surface area contributed by atoms with Crippen LogP contribution in [-0.2, 0) is 21.8 Å². The van der Waals surface area contributed by atoms with Crippen molar-refractivity contribution in [2.24, 2.45) is 0 Å². The normalized spacial score (nSPS) is 15.9. The number of phosphoric ester groups is 1. The summed E-state index contributed by atoms with van der Waals surface area (Å²) in [7, 11) is -4.37. The van der Waals surface area contributed by atoms with E-state index in [1.165, 1.54) is 0 Å². The van der Waals surface area contributed by atoms with E-state index in [1.807, 2.05) is 0 Å². The molecule has 0 saturated carbocycles. The number of fused-ring (bicyclic) bond motifs is 2. The highest BCUT2D eigenvalue weighted by Crippen LogP contribution is 2.54. The number of hydrogen-bond donors (Lipinski definition) is 1. The number of aryl methyl sites for hydroxylation is 2. The molecule has 4 nitrogen and oxygen atoms in total. The molecule has 1 aliphatic heterocycles. The van der Waals surface area contributed by atoms with Gasteiger partial charge in [0, 0.05) is 17.5 Å². The van der Waals surface area contributed by atoms with E-state index in [1.54, 1.807) is 0 Å². The van der Waals surface area contributed by atoms with Crippen molar-refractivity contribution in [3.8, 4) is 11.5 Å². The molecule has 30 heavy (non-hydrogen) atoms. The third kappa shape index (κ3) is 4.31. The lowest BCUT2D eigenvalue weighted by Gasteiger charge is -2.33. The van der Waals surface area contributed by atoms with Crippen LogP contribution >= 0.6 is 7.82 Å². The van der Waals surface area contributed by atoms with Gasteiger partial charge in [-0.25, -0.2) is 4.57 Å². The maximum absolute atomic E-state index is 13.1. The molecule has 0 saturated heterocycles. The Bertz CT molecular complexity index is 943. The molecular formula is C25H35O4P. The summed E-state index contributed by atoms with van der Waals surface area (Å²) in [6.07, 6.45) is 2.36. The molecule has 1 heterocycles. The van der Waals surface area contributed by atoms with Gasteiger partial charge in [-0.15, -0.1) is 0 Å². The van der Waals surface area contributed by atoms with Crippen molar-refractivity contribution >= 4 is 7.82 Å². The Balaban J connectivity index is 2.32. The standard InChI is InChI=1S/C25H35O4P/c1-9-24(5,6)20-13-16(3)11-18-15-19-12-17(4)14-21(25(7,8)10-2)23(19)29-30(26,27)28-22(18)20/h11-14H,9-10,15H2,1-8H3,(H,26,27). The predicted molar refractivity (Wildman–Crippen MR) is 123 cm³/mol. The molecule has 164 valence electrons. The summed E-state index contributed by atoms with van der Waals surface area (Å²) in [4.78, 5) is 10.7. The van der Waals surface area contributed by atoms with Crippen molar-refractivity contribution in [2.45, 2.75) is 85.5 Å². The number of phosphoric acid groups is 1. The van der Waals surface area contributed by atoms with Crippen LogP contribution in [0.15, 0.2) is 24.3 Å². The van der Waals surface area contributed by atoms with E-state index < -0.39 is 7.82 Å². The lowest BCUT2D eigenvalue weighted by atomic mass is 9.78. The fourth-order valence-corrected chi connectivity index (χ4v) is 4.95. The van der Waals surface area contributed by atoms with Crippen molar-refractivity contribution < 1.29 is 18.5 Å². The number of rotatable bonds is 4. The molecule has 2 aromatic rings. The quantitative estimate of drug-likeness (QED) is 0.524. The summed E-state index contributed by atoms with van der Waals surface area (Å²) in [6.45, 7) is 16.9. The minimum absolute atomic E-state index is 0.194. The molecule has 1 N–H and O–H groups in total. The second kappa shape index (κ2) is 7.73. The number of benzene rings is 2. The highest BCUT2D eigenvalue weighted by atomic mass is 31.2. The molecular weight excluding hydrogens is 395 g/mol. The Labute approximate surface area is 181 Å². The Hall–Kier alpha value is -1.77. The van der Waals surface area contributed by atoms with Crippen molar-refractivity contribution in [1.82, 2.24) is 0 Å². The van der Waals surface area contributed by atoms with E-state index in [4.69, 9.17) is 9.05 Å². The zero-order valence-corrected chi connectivity index (χ0v) is 20.4. The van der Waals surface area contributed by atoms with Crippen LogP contribution < -0.4 is 9.05 Å². The van der Waals surface area contributed by atoms with E-state index in [2.05, 4.69) is 79.7 Å². The first-order valence-corrected chi connectivity index (χ1v) is 12.3. The topological polar surface area (TPSA) is 55.8 Å². The van der Waals surface area contributed by atoms with Crippen LogP contribution in [0.5, 0.6) is 11.5 Å². The molecule has 1 aliphatic rings. The Morgan fingerprint density at radius 2 is 1.20 bits per heavy atom. The van der Waals surface area contributed by atoms with Gasteiger partial charge in [-0.3, -0.25) is 4.89 Å². The molecule has 0 fully saturated rings. The van der Waals surface area contributed by atoms with Crippen LogP contribution in [0.25, 0.3) is 0 Å². The zero-order chi connectivity index (χ0) is 22.5. The van der Waals surface area contributed by atoms with Crippen molar-refractivity contribution in [2.75, 3.05) is 0 Å². The summed E-state index contributed by atoms with van der Waals surface area (Å²) >= 11 is 0. The highest BCUT2D eigenvalue weighted by Gasteiger charge is 2.37. The molecule has 0 amide bonds. The second-order valence-corrected chi connectivity index (χ2v) is 11.2. The SMILES string of the molecule is CCC(C)(C)c1cc(C)cc2c1OP(=O)(O)Oc1c(cc(C)cc1C(C)(C)CC)C2. The third-order valence-corrected chi connectivity index (χ3v) is 7.47. The van der Waals surface area contributed by atoms with Crippen molar-refractivity contribution in [3.63, 3.8) is 0 Å². The molecule has 3 rings (SSSR count). The molecule has 0 bridgehead atoms. The zero-order valence-electron chi connectivity index (χ0n) is 19.5. The van der Waals surface area contributed by atoms with E-state index in [-0.39, 0.29) is 10.8 Å². The molecule has 0 radical (unpaired) electrons. The lowest BCUT2D eigenvalue weighted by Crippen LogP contribution is -2.21. The fraction of sp³-hybridized carbons (Fsp3) is 0.520. The van der Waals surface area contributed by atoms with Gasteiger partial charge in [0.2, 0.25) is 0 Å². The van der Waals surface area contributed by atoms with Crippen LogP contribution in [0.4, 0.5) is 0 Å². The minimum Gasteiger partial charge on any atom is -0.395 e. The van der Waals surface area contributed by atoms with Crippen LogP contribution in [0.2, 0.25) is 0 Å². The average molecular weight is 431 g/mol. The van der Waals surface area contributed by atoms with Crippen LogP contribution in [-0.4, -0.2) is 4.89 Å². The summed E-state index contributed by atoms with van der Waals surface area (Å²) in [5, 5.41) is 0. The fourth-order valence-electron chi connectivity index (χ4n) is 4.02. The third-order valence-electron chi connectivity index (χ3n) is 6.64. The lowest BCUT2D eigenvalue weighted by molar-refractivity contribution is 0.280. The summed E-state index contributed by atoms with van der Waals surface area (Å²) in [5.41, 5.74) is 5.59. The van der Waals surface area contributed by atoms with Gasteiger partial charge in [0.1, 0.15) is 11.5 Å². The van der Waals surface area contributed by atoms with Gasteiger partial charge < -0.3 is 9.05 Å². The average Bonchev–Trinajstić information content (AvgIpc) is 2.64. The van der Waals surface area contributed by atoms with Gasteiger partial charge in [-0.1, -0.05) is 76.9 Å². The van der Waals surface area contributed by atoms with Crippen molar-refractivity contribution in [3.05, 3.63) is 57.6 Å². The molecule has 0 spiro atoms. The van der Waals surface area contributed by atoms with Gasteiger partial charge in [-0.2, -0.15) is 0 Å². The number of hydrogen-bond acceptors (Lipinski definition) is 3. The van der Waals surface area contributed by atoms with E-state index in [0.717, 1.165) is 46.2 Å². The molecule has 2 aromatic carbocycles. The van der Waals surface area contributed by atoms with E-state index in [9.17, 15) is 9.46 Å². The predicted octanol–water partition coefficient (Wildman–Crippen LogP) is 7.14. The first-order chi connectivity index (χ1) is 13.8. The van der Waals surface area contributed by atoms with Gasteiger partial charge in [0.25, 0.3) is 0 Å². The first kappa shape index (κ1) is 22.9. The summed E-state index contributed by atoms with van der Waals surface area (Å²) < 4.78 is 24.7. The minimum atomic E-state index is -4.37. The maximum atomic E-state index is 13.1. The summed E-state index contributed by atoms with van der Waals surface area (Å²) in [6, 6.07) is 8.25. The van der Waals surface area contributed by atoms with Crippen LogP contribution in [0.1, 0.15) is 87.8 Å². The van der Waals surface area contributed by atoms with Gasteiger partial charge >= 0.3 is 7.82 Å².